The second-order valence-electron chi connectivity index (χ2n) is 7.84. The van der Waals surface area contributed by atoms with Crippen molar-refractivity contribution in [2.24, 2.45) is 0 Å². The first-order valence-corrected chi connectivity index (χ1v) is 11.4. The third-order valence-electron chi connectivity index (χ3n) is 5.26. The minimum Gasteiger partial charge on any atom is -0.495 e. The van der Waals surface area contributed by atoms with Gasteiger partial charge in [-0.3, -0.25) is 4.79 Å². The maximum atomic E-state index is 12.9. The SMILES string of the molecule is COc1ccc(C(=O)NC[C@](C)(O)c2ccc(C)o2)cc1S(=O)(=O)NC1CCCC1. The van der Waals surface area contributed by atoms with Crippen LogP contribution in [0.1, 0.15) is 54.5 Å². The van der Waals surface area contributed by atoms with E-state index >= 15 is 0 Å². The lowest BCUT2D eigenvalue weighted by Gasteiger charge is -2.21. The Labute approximate surface area is 176 Å². The quantitative estimate of drug-likeness (QED) is 0.585. The monoisotopic (exact) mass is 436 g/mol. The van der Waals surface area contributed by atoms with Gasteiger partial charge in [-0.1, -0.05) is 12.8 Å². The van der Waals surface area contributed by atoms with Crippen molar-refractivity contribution in [3.8, 4) is 5.75 Å². The van der Waals surface area contributed by atoms with Crippen LogP contribution in [0, 0.1) is 6.92 Å². The fraction of sp³-hybridized carbons (Fsp3) is 0.476. The first-order chi connectivity index (χ1) is 14.1. The summed E-state index contributed by atoms with van der Waals surface area (Å²) in [4.78, 5) is 12.6. The minimum atomic E-state index is -3.85. The van der Waals surface area contributed by atoms with E-state index in [1.165, 1.54) is 32.2 Å². The summed E-state index contributed by atoms with van der Waals surface area (Å²) in [5.41, 5.74) is -1.26. The van der Waals surface area contributed by atoms with Gasteiger partial charge in [0.1, 0.15) is 27.8 Å². The van der Waals surface area contributed by atoms with Crippen LogP contribution in [-0.4, -0.2) is 39.1 Å². The lowest BCUT2D eigenvalue weighted by atomic mass is 10.0. The van der Waals surface area contributed by atoms with Gasteiger partial charge in [-0.25, -0.2) is 13.1 Å². The van der Waals surface area contributed by atoms with Gasteiger partial charge in [0.25, 0.3) is 5.91 Å². The van der Waals surface area contributed by atoms with E-state index in [9.17, 15) is 18.3 Å². The zero-order chi connectivity index (χ0) is 21.9. The smallest absolute Gasteiger partial charge is 0.251 e. The van der Waals surface area contributed by atoms with Crippen molar-refractivity contribution in [1.82, 2.24) is 10.0 Å². The Bertz CT molecular complexity index is 1010. The molecule has 1 aromatic heterocycles. The molecule has 0 spiro atoms. The number of aliphatic hydroxyl groups is 1. The van der Waals surface area contributed by atoms with Crippen LogP contribution < -0.4 is 14.8 Å². The van der Waals surface area contributed by atoms with Crippen LogP contribution in [-0.2, 0) is 15.6 Å². The normalized spacial score (nSPS) is 16.9. The standard InChI is InChI=1S/C21H28N2O6S/c1-14-8-11-19(29-14)21(2,25)13-22-20(24)15-9-10-17(28-3)18(12-15)30(26,27)23-16-6-4-5-7-16/h8-12,16,23,25H,4-7,13H2,1-3H3,(H,22,24)/t21-/m0/s1. The summed E-state index contributed by atoms with van der Waals surface area (Å²) in [6.07, 6.45) is 3.57. The van der Waals surface area contributed by atoms with Crippen molar-refractivity contribution in [2.75, 3.05) is 13.7 Å². The third kappa shape index (κ3) is 5.03. The summed E-state index contributed by atoms with van der Waals surface area (Å²) < 4.78 is 39.1. The van der Waals surface area contributed by atoms with E-state index in [1.807, 2.05) is 0 Å². The highest BCUT2D eigenvalue weighted by Crippen LogP contribution is 2.28. The fourth-order valence-corrected chi connectivity index (χ4v) is 5.02. The summed E-state index contributed by atoms with van der Waals surface area (Å²) in [6.45, 7) is 3.19. The molecule has 1 atom stereocenters. The number of sulfonamides is 1. The average molecular weight is 437 g/mol. The highest BCUT2D eigenvalue weighted by atomic mass is 32.2. The molecule has 0 radical (unpaired) electrons. The van der Waals surface area contributed by atoms with Gasteiger partial charge < -0.3 is 19.6 Å². The van der Waals surface area contributed by atoms with Gasteiger partial charge in [0.15, 0.2) is 0 Å². The molecule has 1 saturated carbocycles. The van der Waals surface area contributed by atoms with Gasteiger partial charge in [0, 0.05) is 11.6 Å². The number of furan rings is 1. The molecule has 0 aliphatic heterocycles. The molecule has 30 heavy (non-hydrogen) atoms. The second kappa shape index (κ2) is 8.79. The Morgan fingerprint density at radius 1 is 1.27 bits per heavy atom. The van der Waals surface area contributed by atoms with Crippen LogP contribution in [0.4, 0.5) is 0 Å². The number of carbonyl (C=O) groups is 1. The molecule has 9 heteroatoms. The summed E-state index contributed by atoms with van der Waals surface area (Å²) in [5, 5.41) is 13.2. The largest absolute Gasteiger partial charge is 0.495 e. The molecule has 0 bridgehead atoms. The Kier molecular flexibility index (Phi) is 6.54. The van der Waals surface area contributed by atoms with Gasteiger partial charge in [0.05, 0.1) is 13.7 Å². The summed E-state index contributed by atoms with van der Waals surface area (Å²) in [6, 6.07) is 7.49. The van der Waals surface area contributed by atoms with Crippen LogP contribution in [0.5, 0.6) is 5.75 Å². The zero-order valence-electron chi connectivity index (χ0n) is 17.4. The molecule has 1 fully saturated rings. The number of hydrogen-bond acceptors (Lipinski definition) is 6. The summed E-state index contributed by atoms with van der Waals surface area (Å²) in [7, 11) is -2.46. The lowest BCUT2D eigenvalue weighted by Crippen LogP contribution is -2.38. The van der Waals surface area contributed by atoms with Crippen molar-refractivity contribution >= 4 is 15.9 Å². The molecule has 3 N–H and O–H groups in total. The molecule has 3 rings (SSSR count). The molecule has 1 aliphatic carbocycles. The van der Waals surface area contributed by atoms with Crippen LogP contribution in [0.3, 0.4) is 0 Å². The number of aryl methyl sites for hydroxylation is 1. The highest BCUT2D eigenvalue weighted by Gasteiger charge is 2.29. The maximum absolute atomic E-state index is 12.9. The van der Waals surface area contributed by atoms with E-state index in [0.717, 1.165) is 25.7 Å². The molecule has 0 saturated heterocycles. The van der Waals surface area contributed by atoms with Crippen LogP contribution in [0.2, 0.25) is 0 Å². The molecule has 2 aromatic rings. The predicted molar refractivity (Wildman–Crippen MR) is 111 cm³/mol. The minimum absolute atomic E-state index is 0.0852. The highest BCUT2D eigenvalue weighted by molar-refractivity contribution is 7.89. The molecule has 1 aromatic carbocycles. The van der Waals surface area contributed by atoms with Gasteiger partial charge in [0.2, 0.25) is 10.0 Å². The van der Waals surface area contributed by atoms with E-state index in [1.54, 1.807) is 19.1 Å². The van der Waals surface area contributed by atoms with Crippen LogP contribution >= 0.6 is 0 Å². The topological polar surface area (TPSA) is 118 Å². The number of rotatable bonds is 8. The number of nitrogens with one attached hydrogen (secondary N) is 2. The number of hydrogen-bond donors (Lipinski definition) is 3. The number of benzene rings is 1. The Morgan fingerprint density at radius 2 is 1.97 bits per heavy atom. The second-order valence-corrected chi connectivity index (χ2v) is 9.52. The van der Waals surface area contributed by atoms with E-state index in [0.29, 0.717) is 11.5 Å². The van der Waals surface area contributed by atoms with Crippen molar-refractivity contribution in [2.45, 2.75) is 56.1 Å². The van der Waals surface area contributed by atoms with Gasteiger partial charge in [-0.2, -0.15) is 0 Å². The average Bonchev–Trinajstić information content (AvgIpc) is 3.37. The predicted octanol–water partition coefficient (Wildman–Crippen LogP) is 2.46. The molecule has 164 valence electrons. The van der Waals surface area contributed by atoms with Crippen molar-refractivity contribution < 1.29 is 27.5 Å². The molecular weight excluding hydrogens is 408 g/mol. The van der Waals surface area contributed by atoms with Crippen LogP contribution in [0.25, 0.3) is 0 Å². The molecule has 8 nitrogen and oxygen atoms in total. The molecule has 1 amide bonds. The molecule has 0 unspecified atom stereocenters. The van der Waals surface area contributed by atoms with E-state index in [4.69, 9.17) is 9.15 Å². The van der Waals surface area contributed by atoms with Crippen molar-refractivity contribution in [3.63, 3.8) is 0 Å². The first-order valence-electron chi connectivity index (χ1n) is 9.90. The first kappa shape index (κ1) is 22.3. The van der Waals surface area contributed by atoms with E-state index < -0.39 is 21.5 Å². The summed E-state index contributed by atoms with van der Waals surface area (Å²) in [5.74, 6) is 0.629. The number of amides is 1. The van der Waals surface area contributed by atoms with Gasteiger partial charge >= 0.3 is 0 Å². The van der Waals surface area contributed by atoms with E-state index in [2.05, 4.69) is 10.0 Å². The van der Waals surface area contributed by atoms with Gasteiger partial charge in [-0.15, -0.1) is 0 Å². The zero-order valence-corrected chi connectivity index (χ0v) is 18.2. The molecular formula is C21H28N2O6S. The van der Waals surface area contributed by atoms with Crippen LogP contribution in [0.15, 0.2) is 39.6 Å². The van der Waals surface area contributed by atoms with E-state index in [-0.39, 0.29) is 28.8 Å². The molecule has 1 heterocycles. The summed E-state index contributed by atoms with van der Waals surface area (Å²) >= 11 is 0. The maximum Gasteiger partial charge on any atom is 0.251 e. The fourth-order valence-electron chi connectivity index (χ4n) is 3.52. The molecule has 1 aliphatic rings. The van der Waals surface area contributed by atoms with Crippen molar-refractivity contribution in [1.29, 1.82) is 0 Å². The Balaban J connectivity index is 1.77. The number of methoxy groups -OCH3 is 1. The van der Waals surface area contributed by atoms with Gasteiger partial charge in [-0.05, 0) is 57.0 Å². The van der Waals surface area contributed by atoms with Crippen molar-refractivity contribution in [3.05, 3.63) is 47.4 Å². The Morgan fingerprint density at radius 3 is 2.57 bits per heavy atom. The third-order valence-corrected chi connectivity index (χ3v) is 6.80. The number of carbonyl (C=O) groups excluding carboxylic acids is 1. The Hall–Kier alpha value is -2.36. The lowest BCUT2D eigenvalue weighted by molar-refractivity contribution is 0.0323. The number of ether oxygens (including phenoxy) is 1.